The Labute approximate surface area is 214 Å². The predicted molar refractivity (Wildman–Crippen MR) is 131 cm³/mol. The summed E-state index contributed by atoms with van der Waals surface area (Å²) in [6, 6.07) is 3.90. The zero-order valence-electron chi connectivity index (χ0n) is 19.7. The second-order valence-electron chi connectivity index (χ2n) is 7.88. The predicted octanol–water partition coefficient (Wildman–Crippen LogP) is 4.58. The first kappa shape index (κ1) is 25.9. The van der Waals surface area contributed by atoms with Crippen LogP contribution in [0.25, 0.3) is 22.6 Å². The number of pyridine rings is 2. The summed E-state index contributed by atoms with van der Waals surface area (Å²) in [5.74, 6) is -0.496. The number of aromatic nitrogens is 6. The summed E-state index contributed by atoms with van der Waals surface area (Å²) in [7, 11) is 1.73. The Morgan fingerprint density at radius 3 is 2.68 bits per heavy atom. The van der Waals surface area contributed by atoms with Crippen molar-refractivity contribution in [3.63, 3.8) is 0 Å². The number of ether oxygens (including phenoxy) is 2. The lowest BCUT2D eigenvalue weighted by molar-refractivity contribution is -0.0521. The number of aryl methyl sites for hydroxylation is 1. The lowest BCUT2D eigenvalue weighted by atomic mass is 10.1. The molecule has 0 aliphatic rings. The van der Waals surface area contributed by atoms with Crippen molar-refractivity contribution in [1.29, 1.82) is 0 Å². The molecule has 0 aliphatic heterocycles. The third-order valence-electron chi connectivity index (χ3n) is 5.19. The average Bonchev–Trinajstić information content (AvgIpc) is 3.21. The van der Waals surface area contributed by atoms with Gasteiger partial charge in [0.15, 0.2) is 17.4 Å². The number of halogens is 4. The Kier molecular flexibility index (Phi) is 7.92. The van der Waals surface area contributed by atoms with Crippen molar-refractivity contribution in [3.05, 3.63) is 54.0 Å². The van der Waals surface area contributed by atoms with Gasteiger partial charge in [0.2, 0.25) is 5.88 Å². The molecule has 10 nitrogen and oxygen atoms in total. The molecule has 4 aromatic rings. The maximum atomic E-state index is 14.9. The van der Waals surface area contributed by atoms with Crippen LogP contribution in [0.4, 0.5) is 24.7 Å². The van der Waals surface area contributed by atoms with E-state index in [-0.39, 0.29) is 29.1 Å². The topological polar surface area (TPSA) is 126 Å². The van der Waals surface area contributed by atoms with Gasteiger partial charge >= 0.3 is 6.61 Å². The molecule has 37 heavy (non-hydrogen) atoms. The number of nitrogens with zero attached hydrogens (tertiary/aromatic N) is 6. The van der Waals surface area contributed by atoms with Crippen molar-refractivity contribution in [3.8, 4) is 34.3 Å². The summed E-state index contributed by atoms with van der Waals surface area (Å²) in [5, 5.41) is 7.58. The molecule has 0 bridgehead atoms. The van der Waals surface area contributed by atoms with Gasteiger partial charge in [-0.3, -0.25) is 4.98 Å². The molecule has 0 aliphatic carbocycles. The molecule has 0 saturated heterocycles. The van der Waals surface area contributed by atoms with Gasteiger partial charge in [0, 0.05) is 55.4 Å². The number of hydrogen-bond acceptors (Lipinski definition) is 9. The molecule has 0 radical (unpaired) electrons. The molecule has 4 aromatic heterocycles. The van der Waals surface area contributed by atoms with Crippen molar-refractivity contribution in [2.45, 2.75) is 26.0 Å². The molecule has 3 N–H and O–H groups in total. The van der Waals surface area contributed by atoms with Crippen LogP contribution in [0.1, 0.15) is 13.3 Å². The van der Waals surface area contributed by atoms with Crippen LogP contribution in [0.5, 0.6) is 11.6 Å². The maximum Gasteiger partial charge on any atom is 0.387 e. The first-order valence-corrected chi connectivity index (χ1v) is 11.4. The van der Waals surface area contributed by atoms with Crippen LogP contribution in [0.3, 0.4) is 0 Å². The van der Waals surface area contributed by atoms with E-state index >= 15 is 0 Å². The summed E-state index contributed by atoms with van der Waals surface area (Å²) in [4.78, 5) is 16.4. The van der Waals surface area contributed by atoms with Crippen LogP contribution in [0.15, 0.2) is 43.0 Å². The third-order valence-corrected chi connectivity index (χ3v) is 5.40. The monoisotopic (exact) mass is 534 g/mol. The normalized spacial score (nSPS) is 12.0. The molecule has 4 rings (SSSR count). The van der Waals surface area contributed by atoms with Crippen molar-refractivity contribution in [2.75, 3.05) is 17.7 Å². The zero-order chi connectivity index (χ0) is 26.5. The molecule has 0 spiro atoms. The number of hydrogen-bond donors (Lipinski definition) is 2. The quantitative estimate of drug-likeness (QED) is 0.281. The van der Waals surface area contributed by atoms with E-state index in [2.05, 4.69) is 35.1 Å². The SMILES string of the molecule is C[C@@H](CCOc1c(-c2nccc(N)n2)cnn1C)Nc1cc(Cl)ncc1-c1nccc(OC(F)F)c1F. The third kappa shape index (κ3) is 6.17. The van der Waals surface area contributed by atoms with Gasteiger partial charge in [0.05, 0.1) is 12.8 Å². The van der Waals surface area contributed by atoms with E-state index in [0.717, 1.165) is 6.07 Å². The fourth-order valence-corrected chi connectivity index (χ4v) is 3.62. The number of rotatable bonds is 10. The molecular weight excluding hydrogens is 513 g/mol. The largest absolute Gasteiger partial charge is 0.477 e. The van der Waals surface area contributed by atoms with E-state index in [1.54, 1.807) is 30.2 Å². The minimum absolute atomic E-state index is 0.150. The Morgan fingerprint density at radius 2 is 1.92 bits per heavy atom. The lowest BCUT2D eigenvalue weighted by Gasteiger charge is -2.19. The Morgan fingerprint density at radius 1 is 1.14 bits per heavy atom. The Bertz CT molecular complexity index is 1390. The minimum atomic E-state index is -3.18. The van der Waals surface area contributed by atoms with E-state index in [1.807, 2.05) is 6.92 Å². The van der Waals surface area contributed by atoms with Gasteiger partial charge in [0.1, 0.15) is 22.2 Å². The van der Waals surface area contributed by atoms with Crippen molar-refractivity contribution < 1.29 is 22.6 Å². The Balaban J connectivity index is 1.48. The summed E-state index contributed by atoms with van der Waals surface area (Å²) < 4.78 is 51.9. The van der Waals surface area contributed by atoms with Gasteiger partial charge in [-0.1, -0.05) is 11.6 Å². The molecule has 1 atom stereocenters. The van der Waals surface area contributed by atoms with Gasteiger partial charge < -0.3 is 20.5 Å². The molecule has 14 heteroatoms. The number of nitrogens with two attached hydrogens (primary N) is 1. The van der Waals surface area contributed by atoms with Gasteiger partial charge in [-0.25, -0.2) is 24.0 Å². The summed E-state index contributed by atoms with van der Waals surface area (Å²) in [6.07, 6.45) is 6.11. The number of anilines is 2. The Hall–Kier alpha value is -4.13. The maximum absolute atomic E-state index is 14.9. The smallest absolute Gasteiger partial charge is 0.387 e. The van der Waals surface area contributed by atoms with Crippen LogP contribution in [0.2, 0.25) is 5.15 Å². The van der Waals surface area contributed by atoms with Crippen LogP contribution >= 0.6 is 11.6 Å². The highest BCUT2D eigenvalue weighted by molar-refractivity contribution is 6.29. The first-order chi connectivity index (χ1) is 17.7. The molecule has 4 heterocycles. The van der Waals surface area contributed by atoms with Gasteiger partial charge in [0.25, 0.3) is 0 Å². The van der Waals surface area contributed by atoms with Crippen LogP contribution < -0.4 is 20.5 Å². The summed E-state index contributed by atoms with van der Waals surface area (Å²) in [5.41, 5.74) is 6.77. The average molecular weight is 535 g/mol. The van der Waals surface area contributed by atoms with E-state index in [1.165, 1.54) is 18.5 Å². The van der Waals surface area contributed by atoms with Gasteiger partial charge in [-0.15, -0.1) is 0 Å². The van der Waals surface area contributed by atoms with Gasteiger partial charge in [-0.2, -0.15) is 13.9 Å². The van der Waals surface area contributed by atoms with Crippen LogP contribution in [0, 0.1) is 5.82 Å². The highest BCUT2D eigenvalue weighted by Crippen LogP contribution is 2.34. The molecule has 0 aromatic carbocycles. The molecule has 0 saturated carbocycles. The summed E-state index contributed by atoms with van der Waals surface area (Å²) >= 11 is 6.06. The van der Waals surface area contributed by atoms with E-state index in [9.17, 15) is 13.2 Å². The first-order valence-electron chi connectivity index (χ1n) is 11.0. The molecule has 0 fully saturated rings. The molecular formula is C23H22ClF3N8O2. The van der Waals surface area contributed by atoms with E-state index < -0.39 is 18.2 Å². The molecule has 0 unspecified atom stereocenters. The van der Waals surface area contributed by atoms with E-state index in [0.29, 0.717) is 35.2 Å². The highest BCUT2D eigenvalue weighted by Gasteiger charge is 2.20. The molecule has 0 amide bonds. The molecule has 194 valence electrons. The number of nitrogen functional groups attached to an aromatic ring is 1. The minimum Gasteiger partial charge on any atom is -0.477 e. The van der Waals surface area contributed by atoms with Crippen LogP contribution in [-0.2, 0) is 7.05 Å². The van der Waals surface area contributed by atoms with Crippen molar-refractivity contribution in [1.82, 2.24) is 29.7 Å². The standard InChI is InChI=1S/C23H22ClF3N8O2/c1-12(5-8-36-22-14(11-32-35(22)2)21-30-7-4-18(28)34-21)33-15-9-17(24)31-10-13(15)20-19(25)16(3-6-29-20)37-23(26)27/h3-4,6-7,9-12,23H,5,8H2,1-2H3,(H,31,33)(H2,28,30,34)/t12-/m0/s1. The van der Waals surface area contributed by atoms with Crippen molar-refractivity contribution in [2.24, 2.45) is 7.05 Å². The summed E-state index contributed by atoms with van der Waals surface area (Å²) in [6.45, 7) is -1.02. The number of nitrogens with one attached hydrogen (secondary N) is 1. The van der Waals surface area contributed by atoms with Crippen LogP contribution in [-0.4, -0.2) is 49.0 Å². The number of alkyl halides is 2. The zero-order valence-corrected chi connectivity index (χ0v) is 20.5. The highest BCUT2D eigenvalue weighted by atomic mass is 35.5. The second-order valence-corrected chi connectivity index (χ2v) is 8.26. The van der Waals surface area contributed by atoms with E-state index in [4.69, 9.17) is 22.1 Å². The lowest BCUT2D eigenvalue weighted by Crippen LogP contribution is -2.19. The van der Waals surface area contributed by atoms with Gasteiger partial charge in [-0.05, 0) is 19.1 Å². The fourth-order valence-electron chi connectivity index (χ4n) is 3.46. The fraction of sp³-hybridized carbons (Fsp3) is 0.261. The second kappa shape index (κ2) is 11.3. The van der Waals surface area contributed by atoms with Crippen molar-refractivity contribution >= 4 is 23.1 Å².